The van der Waals surface area contributed by atoms with Gasteiger partial charge in [0.15, 0.2) is 0 Å². The zero-order valence-electron chi connectivity index (χ0n) is 12.7. The minimum absolute atomic E-state index is 0.0603. The summed E-state index contributed by atoms with van der Waals surface area (Å²) in [4.78, 5) is 33.8. The smallest absolute Gasteiger partial charge is 0.262 e. The molecule has 1 saturated heterocycles. The molecule has 1 aliphatic rings. The predicted octanol–water partition coefficient (Wildman–Crippen LogP) is 1.01. The first kappa shape index (κ1) is 15.2. The maximum atomic E-state index is 12.3. The average molecular weight is 320 g/mol. The van der Waals surface area contributed by atoms with Gasteiger partial charge in [0.25, 0.3) is 5.56 Å². The van der Waals surface area contributed by atoms with Gasteiger partial charge in [-0.2, -0.15) is 0 Å². The van der Waals surface area contributed by atoms with Crippen molar-refractivity contribution in [2.75, 3.05) is 32.7 Å². The first-order chi connectivity index (χ1) is 10.7. The fraction of sp³-hybridized carbons (Fsp3) is 0.533. The van der Waals surface area contributed by atoms with E-state index in [0.717, 1.165) is 37.6 Å². The van der Waals surface area contributed by atoms with Crippen molar-refractivity contribution in [3.05, 3.63) is 28.1 Å². The molecule has 1 amide bonds. The lowest BCUT2D eigenvalue weighted by molar-refractivity contribution is -0.133. The van der Waals surface area contributed by atoms with Gasteiger partial charge in [-0.1, -0.05) is 6.92 Å². The molecule has 2 aromatic heterocycles. The third-order valence-electron chi connectivity index (χ3n) is 4.19. The van der Waals surface area contributed by atoms with E-state index in [1.165, 1.54) is 15.9 Å². The Kier molecular flexibility index (Phi) is 4.54. The summed E-state index contributed by atoms with van der Waals surface area (Å²) in [5.74, 6) is 0.119. The van der Waals surface area contributed by atoms with Crippen LogP contribution in [0.1, 0.15) is 13.3 Å². The molecule has 118 valence electrons. The van der Waals surface area contributed by atoms with Crippen molar-refractivity contribution in [1.82, 2.24) is 19.4 Å². The summed E-state index contributed by atoms with van der Waals surface area (Å²) in [6, 6.07) is 1.79. The molecule has 1 fully saturated rings. The van der Waals surface area contributed by atoms with Crippen LogP contribution < -0.4 is 5.56 Å². The van der Waals surface area contributed by atoms with E-state index in [9.17, 15) is 9.59 Å². The third-order valence-corrected chi connectivity index (χ3v) is 5.01. The Morgan fingerprint density at radius 3 is 2.82 bits per heavy atom. The molecular formula is C15H20N4O2S. The Morgan fingerprint density at radius 2 is 2.09 bits per heavy atom. The van der Waals surface area contributed by atoms with Crippen molar-refractivity contribution in [1.29, 1.82) is 0 Å². The minimum atomic E-state index is -0.0603. The molecule has 0 aliphatic carbocycles. The van der Waals surface area contributed by atoms with E-state index in [-0.39, 0.29) is 11.5 Å². The number of aromatic nitrogens is 2. The highest BCUT2D eigenvalue weighted by molar-refractivity contribution is 7.16. The Bertz CT molecular complexity index is 716. The van der Waals surface area contributed by atoms with E-state index in [1.807, 2.05) is 10.3 Å². The van der Waals surface area contributed by atoms with Crippen LogP contribution in [0.5, 0.6) is 0 Å². The second-order valence-corrected chi connectivity index (χ2v) is 6.34. The van der Waals surface area contributed by atoms with Gasteiger partial charge in [-0.25, -0.2) is 4.98 Å². The van der Waals surface area contributed by atoms with Gasteiger partial charge < -0.3 is 9.80 Å². The van der Waals surface area contributed by atoms with Gasteiger partial charge in [0.1, 0.15) is 4.83 Å². The van der Waals surface area contributed by atoms with E-state index < -0.39 is 0 Å². The fourth-order valence-electron chi connectivity index (χ4n) is 2.74. The molecule has 0 N–H and O–H groups in total. The molecule has 2 aromatic rings. The van der Waals surface area contributed by atoms with Crippen LogP contribution in [-0.2, 0) is 11.3 Å². The normalized spacial score (nSPS) is 16.3. The summed E-state index contributed by atoms with van der Waals surface area (Å²) in [6.45, 7) is 6.99. The Balaban J connectivity index is 1.60. The zero-order valence-corrected chi connectivity index (χ0v) is 13.5. The number of piperazine rings is 1. The molecule has 0 aromatic carbocycles. The number of carbonyl (C=O) groups excluding carboxylic acids is 1. The van der Waals surface area contributed by atoms with Crippen LogP contribution in [0.25, 0.3) is 10.2 Å². The Labute approximate surface area is 133 Å². The quantitative estimate of drug-likeness (QED) is 0.844. The van der Waals surface area contributed by atoms with Crippen LogP contribution in [0.2, 0.25) is 0 Å². The standard InChI is InChI=1S/C15H20N4O2S/c1-2-17-6-8-18(9-7-17)13(20)3-5-19-11-16-14-12(15(19)21)4-10-22-14/h4,10-11H,2-3,5-9H2,1H3. The summed E-state index contributed by atoms with van der Waals surface area (Å²) in [6.07, 6.45) is 1.90. The lowest BCUT2D eigenvalue weighted by Crippen LogP contribution is -2.48. The van der Waals surface area contributed by atoms with Crippen molar-refractivity contribution >= 4 is 27.5 Å². The molecule has 1 aliphatic heterocycles. The molecule has 3 rings (SSSR count). The molecule has 0 radical (unpaired) electrons. The SMILES string of the molecule is CCN1CCN(C(=O)CCn2cnc3sccc3c2=O)CC1. The number of hydrogen-bond acceptors (Lipinski definition) is 5. The predicted molar refractivity (Wildman–Crippen MR) is 87.2 cm³/mol. The van der Waals surface area contributed by atoms with Crippen molar-refractivity contribution in [2.24, 2.45) is 0 Å². The first-order valence-electron chi connectivity index (χ1n) is 7.62. The second-order valence-electron chi connectivity index (χ2n) is 5.45. The molecule has 3 heterocycles. The number of thiophene rings is 1. The molecule has 0 saturated carbocycles. The number of nitrogens with zero attached hydrogens (tertiary/aromatic N) is 4. The lowest BCUT2D eigenvalue weighted by atomic mass is 10.2. The summed E-state index contributed by atoms with van der Waals surface area (Å²) in [7, 11) is 0. The molecule has 22 heavy (non-hydrogen) atoms. The summed E-state index contributed by atoms with van der Waals surface area (Å²) in [5, 5.41) is 2.50. The third kappa shape index (κ3) is 3.05. The largest absolute Gasteiger partial charge is 0.340 e. The van der Waals surface area contributed by atoms with E-state index in [4.69, 9.17) is 0 Å². The van der Waals surface area contributed by atoms with Crippen LogP contribution >= 0.6 is 11.3 Å². The lowest BCUT2D eigenvalue weighted by Gasteiger charge is -2.34. The maximum absolute atomic E-state index is 12.3. The van der Waals surface area contributed by atoms with Crippen LogP contribution in [0.15, 0.2) is 22.6 Å². The Hall–Kier alpha value is -1.73. The highest BCUT2D eigenvalue weighted by Crippen LogP contribution is 2.13. The van der Waals surface area contributed by atoms with Gasteiger partial charge in [-0.05, 0) is 18.0 Å². The molecule has 6 nitrogen and oxygen atoms in total. The van der Waals surface area contributed by atoms with Gasteiger partial charge in [-0.15, -0.1) is 11.3 Å². The van der Waals surface area contributed by atoms with Gasteiger partial charge in [0.05, 0.1) is 11.7 Å². The monoisotopic (exact) mass is 320 g/mol. The van der Waals surface area contributed by atoms with E-state index in [0.29, 0.717) is 18.4 Å². The van der Waals surface area contributed by atoms with E-state index in [2.05, 4.69) is 16.8 Å². The number of amides is 1. The van der Waals surface area contributed by atoms with E-state index in [1.54, 1.807) is 12.4 Å². The second kappa shape index (κ2) is 6.58. The summed E-state index contributed by atoms with van der Waals surface area (Å²) < 4.78 is 1.54. The maximum Gasteiger partial charge on any atom is 0.262 e. The van der Waals surface area contributed by atoms with Gasteiger partial charge in [-0.3, -0.25) is 14.2 Å². The topological polar surface area (TPSA) is 58.4 Å². The number of fused-ring (bicyclic) bond motifs is 1. The average Bonchev–Trinajstić information content (AvgIpc) is 3.03. The van der Waals surface area contributed by atoms with Crippen molar-refractivity contribution in [3.8, 4) is 0 Å². The number of carbonyl (C=O) groups is 1. The molecule has 7 heteroatoms. The summed E-state index contributed by atoms with van der Waals surface area (Å²) in [5.41, 5.74) is -0.0603. The number of rotatable bonds is 4. The highest BCUT2D eigenvalue weighted by atomic mass is 32.1. The van der Waals surface area contributed by atoms with Crippen molar-refractivity contribution < 1.29 is 4.79 Å². The van der Waals surface area contributed by atoms with Crippen LogP contribution in [-0.4, -0.2) is 58.0 Å². The molecular weight excluding hydrogens is 300 g/mol. The fourth-order valence-corrected chi connectivity index (χ4v) is 3.46. The minimum Gasteiger partial charge on any atom is -0.340 e. The van der Waals surface area contributed by atoms with Crippen LogP contribution in [0, 0.1) is 0 Å². The van der Waals surface area contributed by atoms with Crippen molar-refractivity contribution in [2.45, 2.75) is 19.9 Å². The molecule has 0 spiro atoms. The first-order valence-corrected chi connectivity index (χ1v) is 8.49. The number of hydrogen-bond donors (Lipinski definition) is 0. The Morgan fingerprint density at radius 1 is 1.32 bits per heavy atom. The zero-order chi connectivity index (χ0) is 15.5. The number of likely N-dealkylation sites (N-methyl/N-ethyl adjacent to an activating group) is 1. The highest BCUT2D eigenvalue weighted by Gasteiger charge is 2.20. The van der Waals surface area contributed by atoms with Gasteiger partial charge in [0, 0.05) is 39.1 Å². The van der Waals surface area contributed by atoms with Gasteiger partial charge in [0.2, 0.25) is 5.91 Å². The van der Waals surface area contributed by atoms with Crippen LogP contribution in [0.4, 0.5) is 0 Å². The van der Waals surface area contributed by atoms with Crippen LogP contribution in [0.3, 0.4) is 0 Å². The van der Waals surface area contributed by atoms with E-state index >= 15 is 0 Å². The molecule has 0 bridgehead atoms. The summed E-state index contributed by atoms with van der Waals surface area (Å²) >= 11 is 1.46. The van der Waals surface area contributed by atoms with Gasteiger partial charge >= 0.3 is 0 Å². The molecule has 0 unspecified atom stereocenters. The number of aryl methyl sites for hydroxylation is 1. The van der Waals surface area contributed by atoms with Crippen molar-refractivity contribution in [3.63, 3.8) is 0 Å². The molecule has 0 atom stereocenters.